The minimum Gasteiger partial charge on any atom is -0.481 e. The Labute approximate surface area is 529 Å². The van der Waals surface area contributed by atoms with Crippen LogP contribution in [0.5, 0.6) is 0 Å². The number of anilines is 6. The maximum Gasteiger partial charge on any atom is 0.304 e. The lowest BCUT2D eigenvalue weighted by atomic mass is 9.70. The molecule has 0 radical (unpaired) electrons. The fourth-order valence-electron chi connectivity index (χ4n) is 12.8. The van der Waals surface area contributed by atoms with Gasteiger partial charge in [0.05, 0.1) is 12.8 Å². The third kappa shape index (κ3) is 19.0. The van der Waals surface area contributed by atoms with E-state index in [1.54, 1.807) is 0 Å². The first-order valence-corrected chi connectivity index (χ1v) is 32.7. The summed E-state index contributed by atoms with van der Waals surface area (Å²) in [6.45, 7) is 13.5. The number of carboxylic acids is 2. The Morgan fingerprint density at radius 1 is 0.416 bits per heavy atom. The number of carboxylic acid groups (broad SMARTS) is 2. The topological polar surface area (TPSA) is 140 Å². The van der Waals surface area contributed by atoms with Crippen LogP contribution < -0.4 is 9.80 Å². The van der Waals surface area contributed by atoms with Crippen molar-refractivity contribution in [1.82, 2.24) is 9.80 Å². The Hall–Kier alpha value is -8.06. The first-order chi connectivity index (χ1) is 43.4. The maximum atomic E-state index is 11.5. The van der Waals surface area contributed by atoms with Crippen molar-refractivity contribution < 1.29 is 38.9 Å². The van der Waals surface area contributed by atoms with Crippen molar-refractivity contribution in [3.05, 3.63) is 191 Å². The third-order valence-corrected chi connectivity index (χ3v) is 17.8. The van der Waals surface area contributed by atoms with Crippen LogP contribution in [-0.2, 0) is 46.9 Å². The van der Waals surface area contributed by atoms with Crippen LogP contribution in [0, 0.1) is 13.8 Å². The van der Waals surface area contributed by atoms with Gasteiger partial charge in [-0.3, -0.25) is 29.0 Å². The van der Waals surface area contributed by atoms with Gasteiger partial charge in [-0.05, 0) is 202 Å². The maximum absolute atomic E-state index is 11.5. The van der Waals surface area contributed by atoms with Crippen molar-refractivity contribution in [3.8, 4) is 22.3 Å². The molecule has 1 aliphatic carbocycles. The van der Waals surface area contributed by atoms with Crippen molar-refractivity contribution >= 4 is 59.0 Å². The molecule has 0 bridgehead atoms. The van der Waals surface area contributed by atoms with E-state index in [-0.39, 0.29) is 31.5 Å². The summed E-state index contributed by atoms with van der Waals surface area (Å²) < 4.78 is 9.96. The minimum absolute atomic E-state index is 0.0401. The number of aliphatic carboxylic acids is 2. The molecular formula is C77H94N4O8. The summed E-state index contributed by atoms with van der Waals surface area (Å²) in [5, 5.41) is 18.8. The molecule has 1 aliphatic rings. The third-order valence-electron chi connectivity index (χ3n) is 17.8. The van der Waals surface area contributed by atoms with Crippen molar-refractivity contribution in [2.45, 2.75) is 149 Å². The molecule has 0 fully saturated rings. The predicted octanol–water partition coefficient (Wildman–Crippen LogP) is 17.7. The first kappa shape index (κ1) is 66.9. The van der Waals surface area contributed by atoms with Crippen molar-refractivity contribution in [2.24, 2.45) is 0 Å². The van der Waals surface area contributed by atoms with Crippen LogP contribution in [0.3, 0.4) is 0 Å². The highest BCUT2D eigenvalue weighted by Gasteiger charge is 2.42. The van der Waals surface area contributed by atoms with E-state index in [1.165, 1.54) is 62.9 Å². The molecule has 7 aromatic rings. The van der Waals surface area contributed by atoms with Gasteiger partial charge in [-0.2, -0.15) is 0 Å². The van der Waals surface area contributed by atoms with Crippen molar-refractivity contribution in [2.75, 3.05) is 62.3 Å². The van der Waals surface area contributed by atoms with Gasteiger partial charge in [-0.25, -0.2) is 0 Å². The molecule has 12 heteroatoms. The summed E-state index contributed by atoms with van der Waals surface area (Å²) in [4.78, 5) is 53.6. The molecule has 0 unspecified atom stereocenters. The van der Waals surface area contributed by atoms with Gasteiger partial charge < -0.3 is 29.5 Å². The van der Waals surface area contributed by atoms with E-state index in [2.05, 4.69) is 205 Å². The molecule has 0 heterocycles. The second-order valence-corrected chi connectivity index (χ2v) is 24.2. The largest absolute Gasteiger partial charge is 0.481 e. The lowest BCUT2D eigenvalue weighted by Crippen LogP contribution is -2.31. The summed E-state index contributed by atoms with van der Waals surface area (Å²) >= 11 is 0. The Morgan fingerprint density at radius 2 is 0.787 bits per heavy atom. The Kier molecular flexibility index (Phi) is 26.0. The summed E-state index contributed by atoms with van der Waals surface area (Å²) in [7, 11) is 0. The zero-order valence-corrected chi connectivity index (χ0v) is 53.2. The zero-order chi connectivity index (χ0) is 62.8. The monoisotopic (exact) mass is 1200 g/mol. The Bertz CT molecular complexity index is 3260. The number of hydrogen-bond acceptors (Lipinski definition) is 10. The normalized spacial score (nSPS) is 12.2. The van der Waals surface area contributed by atoms with Gasteiger partial charge in [-0.15, -0.1) is 0 Å². The van der Waals surface area contributed by atoms with E-state index in [0.29, 0.717) is 39.1 Å². The number of unbranched alkanes of at least 4 members (excludes halogenated alkanes) is 8. The molecule has 0 amide bonds. The number of nitrogens with zero attached hydrogens (tertiary/aromatic N) is 4. The summed E-state index contributed by atoms with van der Waals surface area (Å²) in [5.41, 5.74) is 19.2. The average molecular weight is 1200 g/mol. The molecule has 0 saturated carbocycles. The van der Waals surface area contributed by atoms with Gasteiger partial charge in [0.1, 0.15) is 13.2 Å². The van der Waals surface area contributed by atoms with Crippen LogP contribution in [0.2, 0.25) is 0 Å². The lowest BCUT2D eigenvalue weighted by molar-refractivity contribution is -0.138. The van der Waals surface area contributed by atoms with E-state index in [0.717, 1.165) is 143 Å². The van der Waals surface area contributed by atoms with Crippen LogP contribution in [0.15, 0.2) is 158 Å². The SMILES string of the molecule is CCCCc1ccc(N(c2ccc(C)cc2)c2ccc(N(c3ccc(CCCC)cc3)c3ccc(-c4ccc5c(c4)C(CCCCCCN(CCOC=O)CCC(=O)O)(CCCCCCN(CCOC=O)CCC(=O)O)c4cc(C)ccc4-5)cc3)cc2)cc1. The Balaban J connectivity index is 1.09. The fraction of sp³-hybridized carbons (Fsp3) is 0.403. The number of aryl methyl sites for hydroxylation is 4. The average Bonchev–Trinajstić information content (AvgIpc) is 1.58. The lowest BCUT2D eigenvalue weighted by Gasteiger charge is -2.33. The van der Waals surface area contributed by atoms with Gasteiger partial charge in [0.2, 0.25) is 0 Å². The molecule has 8 rings (SSSR count). The van der Waals surface area contributed by atoms with E-state index >= 15 is 0 Å². The van der Waals surface area contributed by atoms with Crippen LogP contribution in [0.1, 0.15) is 150 Å². The van der Waals surface area contributed by atoms with E-state index in [1.807, 2.05) is 0 Å². The number of carbonyl (C=O) groups excluding carboxylic acids is 2. The minimum atomic E-state index is -0.840. The van der Waals surface area contributed by atoms with Crippen molar-refractivity contribution in [1.29, 1.82) is 0 Å². The van der Waals surface area contributed by atoms with Crippen LogP contribution in [-0.4, -0.2) is 97.4 Å². The number of carbonyl (C=O) groups is 4. The van der Waals surface area contributed by atoms with Gasteiger partial charge >= 0.3 is 11.9 Å². The smallest absolute Gasteiger partial charge is 0.304 e. The number of hydrogen-bond donors (Lipinski definition) is 2. The van der Waals surface area contributed by atoms with E-state index in [9.17, 15) is 29.4 Å². The number of rotatable bonds is 41. The number of benzene rings is 7. The second-order valence-electron chi connectivity index (χ2n) is 24.2. The fourth-order valence-corrected chi connectivity index (χ4v) is 12.8. The highest BCUT2D eigenvalue weighted by atomic mass is 16.5. The highest BCUT2D eigenvalue weighted by molar-refractivity contribution is 5.86. The number of ether oxygens (including phenoxy) is 2. The summed E-state index contributed by atoms with van der Waals surface area (Å²) in [5.74, 6) is -1.68. The first-order valence-electron chi connectivity index (χ1n) is 32.7. The molecule has 0 atom stereocenters. The molecule has 0 spiro atoms. The van der Waals surface area contributed by atoms with E-state index in [4.69, 9.17) is 9.47 Å². The molecule has 0 saturated heterocycles. The van der Waals surface area contributed by atoms with Crippen LogP contribution in [0.4, 0.5) is 34.1 Å². The number of fused-ring (bicyclic) bond motifs is 3. The molecule has 470 valence electrons. The predicted molar refractivity (Wildman–Crippen MR) is 362 cm³/mol. The molecule has 7 aromatic carbocycles. The second kappa shape index (κ2) is 34.6. The van der Waals surface area contributed by atoms with Gasteiger partial charge in [0, 0.05) is 65.7 Å². The molecule has 12 nitrogen and oxygen atoms in total. The van der Waals surface area contributed by atoms with Gasteiger partial charge in [0.25, 0.3) is 12.9 Å². The van der Waals surface area contributed by atoms with Crippen molar-refractivity contribution in [3.63, 3.8) is 0 Å². The molecular weight excluding hydrogens is 1110 g/mol. The summed E-state index contributed by atoms with van der Waals surface area (Å²) in [6, 6.07) is 59.1. The summed E-state index contributed by atoms with van der Waals surface area (Å²) in [6.07, 6.45) is 16.7. The molecule has 0 aromatic heterocycles. The molecule has 0 aliphatic heterocycles. The highest BCUT2D eigenvalue weighted by Crippen LogP contribution is 2.55. The molecule has 2 N–H and O–H groups in total. The Morgan fingerprint density at radius 3 is 1.21 bits per heavy atom. The van der Waals surface area contributed by atoms with Crippen LogP contribution in [0.25, 0.3) is 22.3 Å². The zero-order valence-electron chi connectivity index (χ0n) is 53.2. The van der Waals surface area contributed by atoms with E-state index < -0.39 is 11.9 Å². The standard InChI is InChI=1S/C77H94N4O8/c1-5-7-17-61-22-31-66(32-23-61)80(65-29-19-59(3)20-30-65)69-37-39-70(40-38-69)81(67-33-24-62(25-34-67)18-8-6-2)68-35-26-63(27-36-68)64-28-42-72-71-41-21-60(4)55-73(71)77(74(72)56-64,45-13-9-11-15-47-78(49-43-75(84)85)51-53-88-57-82)46-14-10-12-16-48-79(50-44-76(86)87)52-54-89-58-83/h19-42,55-58H,5-18,43-54H2,1-4H3,(H,84,85)(H,86,87). The van der Waals surface area contributed by atoms with Crippen LogP contribution >= 0.6 is 0 Å². The quantitative estimate of drug-likeness (QED) is 0.0278. The van der Waals surface area contributed by atoms with Gasteiger partial charge in [0.15, 0.2) is 0 Å². The van der Waals surface area contributed by atoms with Gasteiger partial charge in [-0.1, -0.05) is 155 Å². The molecule has 89 heavy (non-hydrogen) atoms.